The molecule has 1 atom stereocenters. The Bertz CT molecular complexity index is 522. The van der Waals surface area contributed by atoms with Gasteiger partial charge in [-0.15, -0.1) is 0 Å². The molecule has 21 heavy (non-hydrogen) atoms. The van der Waals surface area contributed by atoms with Gasteiger partial charge < -0.3 is 9.47 Å². The minimum atomic E-state index is -0.846. The maximum Gasteiger partial charge on any atom is 0.415 e. The number of benzene rings is 1. The van der Waals surface area contributed by atoms with Crippen LogP contribution in [0.2, 0.25) is 10.0 Å². The van der Waals surface area contributed by atoms with Crippen molar-refractivity contribution in [3.63, 3.8) is 0 Å². The summed E-state index contributed by atoms with van der Waals surface area (Å²) in [5.74, 6) is -0.531. The van der Waals surface area contributed by atoms with Crippen LogP contribution in [0.1, 0.15) is 20.8 Å². The first-order chi connectivity index (χ1) is 9.92. The molecule has 0 bridgehead atoms. The third-order valence-corrected chi connectivity index (χ3v) is 3.40. The molecule has 1 aromatic carbocycles. The van der Waals surface area contributed by atoms with Crippen molar-refractivity contribution in [1.29, 1.82) is 0 Å². The standard InChI is InChI=1S/C14H17Cl2NO4/c1-4-20-13(18)9(3)17(14(19)21-5-2)10-6-7-11(15)12(16)8-10/h6-9H,4-5H2,1-3H3/t9-/m0/s1. The quantitative estimate of drug-likeness (QED) is 0.766. The molecule has 0 unspecified atom stereocenters. The Morgan fingerprint density at radius 3 is 2.29 bits per heavy atom. The van der Waals surface area contributed by atoms with Crippen LogP contribution in [-0.4, -0.2) is 31.3 Å². The van der Waals surface area contributed by atoms with Crippen LogP contribution in [0.4, 0.5) is 10.5 Å². The van der Waals surface area contributed by atoms with Gasteiger partial charge in [0.2, 0.25) is 0 Å². The molecule has 0 aromatic heterocycles. The lowest BCUT2D eigenvalue weighted by molar-refractivity contribution is -0.144. The van der Waals surface area contributed by atoms with Crippen molar-refractivity contribution in [3.8, 4) is 0 Å². The van der Waals surface area contributed by atoms with Crippen LogP contribution in [0.3, 0.4) is 0 Å². The Balaban J connectivity index is 3.15. The zero-order chi connectivity index (χ0) is 16.0. The summed E-state index contributed by atoms with van der Waals surface area (Å²) in [4.78, 5) is 25.2. The van der Waals surface area contributed by atoms with E-state index in [4.69, 9.17) is 32.7 Å². The summed E-state index contributed by atoms with van der Waals surface area (Å²) in [6, 6.07) is 3.78. The molecular weight excluding hydrogens is 317 g/mol. The Hall–Kier alpha value is -1.46. The number of hydrogen-bond acceptors (Lipinski definition) is 4. The van der Waals surface area contributed by atoms with Crippen molar-refractivity contribution in [2.45, 2.75) is 26.8 Å². The van der Waals surface area contributed by atoms with Gasteiger partial charge in [0, 0.05) is 5.69 Å². The highest BCUT2D eigenvalue weighted by Gasteiger charge is 2.29. The summed E-state index contributed by atoms with van der Waals surface area (Å²) in [7, 11) is 0. The molecule has 0 heterocycles. The SMILES string of the molecule is CCOC(=O)[C@H](C)N(C(=O)OCC)c1ccc(Cl)c(Cl)c1. The molecule has 7 heteroatoms. The number of amides is 1. The van der Waals surface area contributed by atoms with Gasteiger partial charge in [-0.3, -0.25) is 4.90 Å². The molecule has 5 nitrogen and oxygen atoms in total. The largest absolute Gasteiger partial charge is 0.464 e. The number of anilines is 1. The zero-order valence-electron chi connectivity index (χ0n) is 12.1. The van der Waals surface area contributed by atoms with E-state index in [9.17, 15) is 9.59 Å². The molecule has 0 saturated heterocycles. The van der Waals surface area contributed by atoms with Crippen molar-refractivity contribution in [1.82, 2.24) is 0 Å². The van der Waals surface area contributed by atoms with Gasteiger partial charge in [-0.1, -0.05) is 23.2 Å². The summed E-state index contributed by atoms with van der Waals surface area (Å²) < 4.78 is 9.92. The molecule has 0 radical (unpaired) electrons. The first-order valence-electron chi connectivity index (χ1n) is 6.50. The lowest BCUT2D eigenvalue weighted by atomic mass is 10.2. The first-order valence-corrected chi connectivity index (χ1v) is 7.25. The fourth-order valence-corrected chi connectivity index (χ4v) is 1.98. The van der Waals surface area contributed by atoms with Crippen LogP contribution >= 0.6 is 23.2 Å². The van der Waals surface area contributed by atoms with Gasteiger partial charge in [-0.05, 0) is 39.0 Å². The number of rotatable bonds is 5. The number of halogens is 2. The highest BCUT2D eigenvalue weighted by Crippen LogP contribution is 2.28. The fraction of sp³-hybridized carbons (Fsp3) is 0.429. The van der Waals surface area contributed by atoms with Gasteiger partial charge in [0.05, 0.1) is 23.3 Å². The van der Waals surface area contributed by atoms with Crippen LogP contribution in [0.5, 0.6) is 0 Å². The molecule has 1 aromatic rings. The number of carbonyl (C=O) groups excluding carboxylic acids is 2. The second-order valence-corrected chi connectivity index (χ2v) is 4.91. The van der Waals surface area contributed by atoms with Crippen LogP contribution in [0, 0.1) is 0 Å². The van der Waals surface area contributed by atoms with Crippen LogP contribution in [-0.2, 0) is 14.3 Å². The second kappa shape index (κ2) is 8.10. The van der Waals surface area contributed by atoms with Crippen LogP contribution < -0.4 is 4.90 Å². The highest BCUT2D eigenvalue weighted by atomic mass is 35.5. The summed E-state index contributed by atoms with van der Waals surface area (Å²) in [6.45, 7) is 5.34. The molecule has 0 N–H and O–H groups in total. The molecule has 1 amide bonds. The number of hydrogen-bond donors (Lipinski definition) is 0. The minimum absolute atomic E-state index is 0.187. The van der Waals surface area contributed by atoms with Gasteiger partial charge in [0.25, 0.3) is 0 Å². The Labute approximate surface area is 133 Å². The lowest BCUT2D eigenvalue weighted by Gasteiger charge is -2.27. The van der Waals surface area contributed by atoms with E-state index in [1.54, 1.807) is 32.9 Å². The van der Waals surface area contributed by atoms with E-state index >= 15 is 0 Å². The Morgan fingerprint density at radius 2 is 1.76 bits per heavy atom. The summed E-state index contributed by atoms with van der Waals surface area (Å²) in [5.41, 5.74) is 0.406. The van der Waals surface area contributed by atoms with E-state index in [1.807, 2.05) is 0 Å². The minimum Gasteiger partial charge on any atom is -0.464 e. The monoisotopic (exact) mass is 333 g/mol. The molecule has 0 fully saturated rings. The predicted molar refractivity (Wildman–Crippen MR) is 82.1 cm³/mol. The van der Waals surface area contributed by atoms with Gasteiger partial charge in [-0.25, -0.2) is 9.59 Å². The summed E-state index contributed by atoms with van der Waals surface area (Å²) >= 11 is 11.8. The molecule has 1 rings (SSSR count). The molecule has 0 aliphatic heterocycles. The van der Waals surface area contributed by atoms with Crippen LogP contribution in [0.25, 0.3) is 0 Å². The van der Waals surface area contributed by atoms with Gasteiger partial charge in [0.1, 0.15) is 6.04 Å². The summed E-state index contributed by atoms with van der Waals surface area (Å²) in [5, 5.41) is 0.632. The maximum atomic E-state index is 12.1. The maximum absolute atomic E-state index is 12.1. The van der Waals surface area contributed by atoms with E-state index in [0.29, 0.717) is 10.7 Å². The molecule has 0 spiro atoms. The average molecular weight is 334 g/mol. The van der Waals surface area contributed by atoms with E-state index in [1.165, 1.54) is 11.0 Å². The zero-order valence-corrected chi connectivity index (χ0v) is 13.6. The predicted octanol–water partition coefficient (Wildman–Crippen LogP) is 3.91. The average Bonchev–Trinajstić information content (AvgIpc) is 2.43. The third-order valence-electron chi connectivity index (χ3n) is 2.66. The van der Waals surface area contributed by atoms with E-state index in [2.05, 4.69) is 0 Å². The smallest absolute Gasteiger partial charge is 0.415 e. The van der Waals surface area contributed by atoms with E-state index < -0.39 is 18.1 Å². The normalized spacial score (nSPS) is 11.7. The van der Waals surface area contributed by atoms with Crippen LogP contribution in [0.15, 0.2) is 18.2 Å². The van der Waals surface area contributed by atoms with E-state index in [0.717, 1.165) is 0 Å². The fourth-order valence-electron chi connectivity index (χ4n) is 1.68. The lowest BCUT2D eigenvalue weighted by Crippen LogP contribution is -2.44. The number of ether oxygens (including phenoxy) is 2. The first kappa shape index (κ1) is 17.6. The van der Waals surface area contributed by atoms with Crippen molar-refractivity contribution >= 4 is 41.0 Å². The topological polar surface area (TPSA) is 55.8 Å². The van der Waals surface area contributed by atoms with Gasteiger partial charge >= 0.3 is 12.1 Å². The van der Waals surface area contributed by atoms with Gasteiger partial charge in [0.15, 0.2) is 0 Å². The second-order valence-electron chi connectivity index (χ2n) is 4.10. The van der Waals surface area contributed by atoms with Crippen molar-refractivity contribution < 1.29 is 19.1 Å². The third kappa shape index (κ3) is 4.51. The highest BCUT2D eigenvalue weighted by molar-refractivity contribution is 6.42. The number of carbonyl (C=O) groups is 2. The Morgan fingerprint density at radius 1 is 1.14 bits per heavy atom. The summed E-state index contributed by atoms with van der Waals surface area (Å²) in [6.07, 6.45) is -0.656. The number of nitrogens with zero attached hydrogens (tertiary/aromatic N) is 1. The van der Waals surface area contributed by atoms with Crippen molar-refractivity contribution in [3.05, 3.63) is 28.2 Å². The van der Waals surface area contributed by atoms with Crippen molar-refractivity contribution in [2.75, 3.05) is 18.1 Å². The molecule has 0 saturated carbocycles. The molecular formula is C14H17Cl2NO4. The molecule has 116 valence electrons. The number of esters is 1. The Kier molecular flexibility index (Phi) is 6.78. The molecule has 0 aliphatic carbocycles. The van der Waals surface area contributed by atoms with Crippen molar-refractivity contribution in [2.24, 2.45) is 0 Å². The van der Waals surface area contributed by atoms with E-state index in [-0.39, 0.29) is 18.2 Å². The molecule has 0 aliphatic rings. The van der Waals surface area contributed by atoms with Gasteiger partial charge in [-0.2, -0.15) is 0 Å².